The molecule has 0 aromatic heterocycles. The van der Waals surface area contributed by atoms with Crippen LogP contribution in [-0.4, -0.2) is 0 Å². The Hall–Kier alpha value is -7.48. The Kier molecular flexibility index (Phi) is 7.21. The number of fused-ring (bicyclic) bond motifs is 12. The van der Waals surface area contributed by atoms with Gasteiger partial charge in [-0.1, -0.05) is 188 Å². The van der Waals surface area contributed by atoms with Crippen LogP contribution >= 0.6 is 0 Å². The summed E-state index contributed by atoms with van der Waals surface area (Å²) in [5.41, 5.74) is 10.5. The molecule has 0 radical (unpaired) electrons. The van der Waals surface area contributed by atoms with Crippen molar-refractivity contribution in [1.29, 1.82) is 0 Å². The number of anilines is 3. The third kappa shape index (κ3) is 4.71. The van der Waals surface area contributed by atoms with Crippen LogP contribution in [0.5, 0.6) is 0 Å². The van der Waals surface area contributed by atoms with Gasteiger partial charge in [0.1, 0.15) is 0 Å². The standard InChI is InChI=1S/C57H37N/c1-3-16-40(17-4-1)57(41-18-5-2-6-19-41)55-26-14-13-25-51(55)52-34-32-44(37-56(52)57)58(42-30-29-39-28-27-38-15-7-8-20-45(38)53(39)35-42)43-31-33-50-48-23-10-9-21-46(48)47-22-11-12-24-49(47)54(50)36-43/h1-37H. The SMILES string of the molecule is c1ccc(C2(c3ccccc3)c3ccccc3-c3ccc(N(c4ccc5ccc6ccccc6c5c4)c4ccc5c6ccccc6c6ccccc6c5c4)cc32)cc1. The molecule has 58 heavy (non-hydrogen) atoms. The third-order valence-corrected chi connectivity index (χ3v) is 12.7. The summed E-state index contributed by atoms with van der Waals surface area (Å²) in [5.74, 6) is 0. The van der Waals surface area contributed by atoms with Gasteiger partial charge in [-0.05, 0) is 124 Å². The monoisotopic (exact) mass is 735 g/mol. The molecule has 0 saturated carbocycles. The molecule has 270 valence electrons. The zero-order valence-corrected chi connectivity index (χ0v) is 31.8. The fourth-order valence-electron chi connectivity index (χ4n) is 10.2. The summed E-state index contributed by atoms with van der Waals surface area (Å²) < 4.78 is 0. The van der Waals surface area contributed by atoms with Crippen molar-refractivity contribution in [3.8, 4) is 11.1 Å². The van der Waals surface area contributed by atoms with Gasteiger partial charge in [-0.15, -0.1) is 0 Å². The van der Waals surface area contributed by atoms with E-state index in [1.807, 2.05) is 0 Å². The molecule has 0 bridgehead atoms. The summed E-state index contributed by atoms with van der Waals surface area (Å²) in [6.07, 6.45) is 0. The molecule has 1 aliphatic carbocycles. The van der Waals surface area contributed by atoms with Gasteiger partial charge in [0.2, 0.25) is 0 Å². The fraction of sp³-hybridized carbons (Fsp3) is 0.0175. The van der Waals surface area contributed by atoms with Gasteiger partial charge in [-0.3, -0.25) is 0 Å². The molecule has 12 rings (SSSR count). The molecule has 0 atom stereocenters. The minimum Gasteiger partial charge on any atom is -0.310 e. The minimum atomic E-state index is -0.506. The van der Waals surface area contributed by atoms with E-state index in [2.05, 4.69) is 229 Å². The molecule has 0 N–H and O–H groups in total. The van der Waals surface area contributed by atoms with E-state index in [1.54, 1.807) is 0 Å². The highest BCUT2D eigenvalue weighted by Gasteiger charge is 2.46. The number of hydrogen-bond donors (Lipinski definition) is 0. The van der Waals surface area contributed by atoms with Crippen LogP contribution in [0, 0.1) is 0 Å². The van der Waals surface area contributed by atoms with Gasteiger partial charge in [0.15, 0.2) is 0 Å². The smallest absolute Gasteiger partial charge is 0.0714 e. The quantitative estimate of drug-likeness (QED) is 0.159. The van der Waals surface area contributed by atoms with E-state index in [4.69, 9.17) is 0 Å². The van der Waals surface area contributed by atoms with Crippen LogP contribution in [0.1, 0.15) is 22.3 Å². The Morgan fingerprint density at radius 1 is 0.259 bits per heavy atom. The molecular weight excluding hydrogens is 699 g/mol. The van der Waals surface area contributed by atoms with Crippen molar-refractivity contribution in [1.82, 2.24) is 0 Å². The Bertz CT molecular complexity index is 3330. The van der Waals surface area contributed by atoms with Crippen molar-refractivity contribution in [3.05, 3.63) is 247 Å². The second-order valence-electron chi connectivity index (χ2n) is 15.6. The van der Waals surface area contributed by atoms with E-state index in [0.29, 0.717) is 0 Å². The lowest BCUT2D eigenvalue weighted by atomic mass is 9.67. The van der Waals surface area contributed by atoms with E-state index < -0.39 is 5.41 Å². The minimum absolute atomic E-state index is 0.506. The lowest BCUT2D eigenvalue weighted by molar-refractivity contribution is 0.768. The normalized spacial score (nSPS) is 13.0. The summed E-state index contributed by atoms with van der Waals surface area (Å²) in [6, 6.07) is 83.3. The highest BCUT2D eigenvalue weighted by atomic mass is 15.1. The van der Waals surface area contributed by atoms with Gasteiger partial charge < -0.3 is 4.90 Å². The van der Waals surface area contributed by atoms with Gasteiger partial charge in [-0.25, -0.2) is 0 Å². The Balaban J connectivity index is 1.17. The van der Waals surface area contributed by atoms with Gasteiger partial charge >= 0.3 is 0 Å². The van der Waals surface area contributed by atoms with Crippen molar-refractivity contribution < 1.29 is 0 Å². The fourth-order valence-corrected chi connectivity index (χ4v) is 10.2. The van der Waals surface area contributed by atoms with Crippen LogP contribution in [-0.2, 0) is 5.41 Å². The van der Waals surface area contributed by atoms with Crippen LogP contribution in [0.25, 0.3) is 65.0 Å². The molecule has 0 amide bonds. The summed E-state index contributed by atoms with van der Waals surface area (Å²) in [4.78, 5) is 2.48. The van der Waals surface area contributed by atoms with E-state index in [1.165, 1.54) is 87.2 Å². The molecule has 0 spiro atoms. The maximum atomic E-state index is 2.48. The van der Waals surface area contributed by atoms with Gasteiger partial charge in [0, 0.05) is 17.1 Å². The Labute approximate surface area is 337 Å². The van der Waals surface area contributed by atoms with Gasteiger partial charge in [0.25, 0.3) is 0 Å². The van der Waals surface area contributed by atoms with E-state index in [0.717, 1.165) is 17.1 Å². The van der Waals surface area contributed by atoms with Crippen molar-refractivity contribution >= 4 is 70.9 Å². The van der Waals surface area contributed by atoms with Crippen molar-refractivity contribution in [2.24, 2.45) is 0 Å². The second kappa shape index (κ2) is 12.8. The van der Waals surface area contributed by atoms with Gasteiger partial charge in [-0.2, -0.15) is 0 Å². The molecule has 1 nitrogen and oxygen atoms in total. The number of hydrogen-bond acceptors (Lipinski definition) is 1. The number of rotatable bonds is 5. The van der Waals surface area contributed by atoms with Crippen molar-refractivity contribution in [2.45, 2.75) is 5.41 Å². The molecule has 1 aliphatic rings. The first kappa shape index (κ1) is 32.7. The van der Waals surface area contributed by atoms with E-state index in [-0.39, 0.29) is 0 Å². The third-order valence-electron chi connectivity index (χ3n) is 12.7. The van der Waals surface area contributed by atoms with Crippen LogP contribution in [0.4, 0.5) is 17.1 Å². The van der Waals surface area contributed by atoms with Gasteiger partial charge in [0.05, 0.1) is 5.41 Å². The molecule has 0 heterocycles. The first-order valence-corrected chi connectivity index (χ1v) is 20.2. The molecule has 11 aromatic carbocycles. The average molecular weight is 736 g/mol. The first-order chi connectivity index (χ1) is 28.8. The Morgan fingerprint density at radius 3 is 1.36 bits per heavy atom. The zero-order valence-electron chi connectivity index (χ0n) is 31.8. The predicted molar refractivity (Wildman–Crippen MR) is 246 cm³/mol. The van der Waals surface area contributed by atoms with Crippen LogP contribution in [0.3, 0.4) is 0 Å². The maximum absolute atomic E-state index is 2.48. The molecule has 0 unspecified atom stereocenters. The highest BCUT2D eigenvalue weighted by molar-refractivity contribution is 6.26. The number of benzene rings is 11. The molecule has 0 saturated heterocycles. The van der Waals surface area contributed by atoms with E-state index >= 15 is 0 Å². The largest absolute Gasteiger partial charge is 0.310 e. The highest BCUT2D eigenvalue weighted by Crippen LogP contribution is 2.57. The lowest BCUT2D eigenvalue weighted by Crippen LogP contribution is -2.28. The van der Waals surface area contributed by atoms with Crippen LogP contribution in [0.2, 0.25) is 0 Å². The molecule has 0 fully saturated rings. The molecular formula is C57H37N. The predicted octanol–water partition coefficient (Wildman–Crippen LogP) is 15.3. The molecule has 1 heteroatoms. The molecule has 11 aromatic rings. The zero-order chi connectivity index (χ0) is 38.2. The Morgan fingerprint density at radius 2 is 0.690 bits per heavy atom. The summed E-state index contributed by atoms with van der Waals surface area (Å²) in [7, 11) is 0. The summed E-state index contributed by atoms with van der Waals surface area (Å²) >= 11 is 0. The van der Waals surface area contributed by atoms with Crippen LogP contribution < -0.4 is 4.90 Å². The maximum Gasteiger partial charge on any atom is 0.0714 e. The topological polar surface area (TPSA) is 3.24 Å². The number of nitrogens with zero attached hydrogens (tertiary/aromatic N) is 1. The van der Waals surface area contributed by atoms with Crippen molar-refractivity contribution in [3.63, 3.8) is 0 Å². The average Bonchev–Trinajstić information content (AvgIpc) is 3.60. The molecule has 0 aliphatic heterocycles. The van der Waals surface area contributed by atoms with Crippen molar-refractivity contribution in [2.75, 3.05) is 4.90 Å². The summed E-state index contributed by atoms with van der Waals surface area (Å²) in [6.45, 7) is 0. The summed E-state index contributed by atoms with van der Waals surface area (Å²) in [5, 5.41) is 12.6. The second-order valence-corrected chi connectivity index (χ2v) is 15.6. The van der Waals surface area contributed by atoms with E-state index in [9.17, 15) is 0 Å². The lowest BCUT2D eigenvalue weighted by Gasteiger charge is -2.35. The van der Waals surface area contributed by atoms with Crippen LogP contribution in [0.15, 0.2) is 224 Å². The first-order valence-electron chi connectivity index (χ1n) is 20.2.